The van der Waals surface area contributed by atoms with E-state index < -0.39 is 5.97 Å². The fourth-order valence-corrected chi connectivity index (χ4v) is 5.29. The summed E-state index contributed by atoms with van der Waals surface area (Å²) in [5, 5.41) is 7.45. The van der Waals surface area contributed by atoms with Crippen molar-refractivity contribution in [1.82, 2.24) is 10.2 Å². The van der Waals surface area contributed by atoms with Gasteiger partial charge in [-0.2, -0.15) is 5.10 Å². The number of hydrogen-bond acceptors (Lipinski definition) is 6. The van der Waals surface area contributed by atoms with E-state index in [4.69, 9.17) is 4.74 Å². The Morgan fingerprint density at radius 1 is 0.971 bits per heavy atom. The molecule has 0 radical (unpaired) electrons. The minimum absolute atomic E-state index is 0.154. The highest BCUT2D eigenvalue weighted by Gasteiger charge is 2.33. The minimum Gasteiger partial charge on any atom is -0.455 e. The molecule has 2 heterocycles. The van der Waals surface area contributed by atoms with Gasteiger partial charge in [-0.1, -0.05) is 60.7 Å². The van der Waals surface area contributed by atoms with Gasteiger partial charge >= 0.3 is 5.97 Å². The number of benzene rings is 3. The molecule has 3 aromatic carbocycles. The molecule has 0 saturated heterocycles. The van der Waals surface area contributed by atoms with Gasteiger partial charge in [0.05, 0.1) is 29.2 Å². The highest BCUT2D eigenvalue weighted by atomic mass is 32.2. The van der Waals surface area contributed by atoms with Gasteiger partial charge in [-0.3, -0.25) is 19.3 Å². The maximum atomic E-state index is 13.3. The van der Waals surface area contributed by atoms with Crippen molar-refractivity contribution in [2.24, 2.45) is 0 Å². The number of aromatic amines is 1. The monoisotopic (exact) mass is 471 g/mol. The molecule has 5 rings (SSSR count). The number of aromatic nitrogens is 2. The Morgan fingerprint density at radius 2 is 1.68 bits per heavy atom. The number of fused-ring (bicyclic) bond motifs is 2. The van der Waals surface area contributed by atoms with Gasteiger partial charge in [0.2, 0.25) is 0 Å². The quantitative estimate of drug-likeness (QED) is 0.444. The van der Waals surface area contributed by atoms with Crippen LogP contribution < -0.4 is 10.5 Å². The smallest absolute Gasteiger partial charge is 0.312 e. The molecule has 0 fully saturated rings. The Hall–Kier alpha value is -3.91. The average molecular weight is 472 g/mol. The largest absolute Gasteiger partial charge is 0.455 e. The first kappa shape index (κ1) is 21.9. The van der Waals surface area contributed by atoms with Gasteiger partial charge in [-0.05, 0) is 23.8 Å². The summed E-state index contributed by atoms with van der Waals surface area (Å²) in [7, 11) is 0. The highest BCUT2D eigenvalue weighted by molar-refractivity contribution is 7.99. The zero-order valence-electron chi connectivity index (χ0n) is 18.1. The number of para-hydroxylation sites is 1. The number of H-pyrrole nitrogens is 1. The number of rotatable bonds is 5. The van der Waals surface area contributed by atoms with E-state index >= 15 is 0 Å². The predicted molar refractivity (Wildman–Crippen MR) is 131 cm³/mol. The van der Waals surface area contributed by atoms with Crippen molar-refractivity contribution >= 4 is 40.1 Å². The molecule has 8 heteroatoms. The van der Waals surface area contributed by atoms with Crippen LogP contribution in [0.1, 0.15) is 17.3 Å². The van der Waals surface area contributed by atoms with Crippen molar-refractivity contribution in [2.45, 2.75) is 17.4 Å². The van der Waals surface area contributed by atoms with Crippen LogP contribution in [-0.4, -0.2) is 34.4 Å². The molecule has 1 aliphatic heterocycles. The van der Waals surface area contributed by atoms with E-state index in [0.717, 1.165) is 16.1 Å². The lowest BCUT2D eigenvalue weighted by Crippen LogP contribution is -2.41. The van der Waals surface area contributed by atoms with E-state index in [2.05, 4.69) is 10.2 Å². The van der Waals surface area contributed by atoms with Crippen molar-refractivity contribution < 1.29 is 14.3 Å². The molecule has 0 spiro atoms. The number of esters is 1. The van der Waals surface area contributed by atoms with E-state index in [-0.39, 0.29) is 30.5 Å². The van der Waals surface area contributed by atoms with Crippen LogP contribution >= 0.6 is 11.8 Å². The molecular formula is C26H21N3O4S. The predicted octanol–water partition coefficient (Wildman–Crippen LogP) is 3.89. The highest BCUT2D eigenvalue weighted by Crippen LogP contribution is 2.43. The lowest BCUT2D eigenvalue weighted by molar-refractivity contribution is -0.147. The molecule has 0 saturated carbocycles. The summed E-state index contributed by atoms with van der Waals surface area (Å²) in [6, 6.07) is 24.3. The Labute approximate surface area is 199 Å². The topological polar surface area (TPSA) is 92.4 Å². The van der Waals surface area contributed by atoms with Crippen LogP contribution in [0.5, 0.6) is 0 Å². The van der Waals surface area contributed by atoms with Gasteiger partial charge in [0, 0.05) is 16.0 Å². The number of carbonyl (C=O) groups is 2. The second kappa shape index (κ2) is 9.52. The normalized spacial score (nSPS) is 15.1. The minimum atomic E-state index is -0.589. The Kier molecular flexibility index (Phi) is 6.14. The van der Waals surface area contributed by atoms with Crippen LogP contribution in [0, 0.1) is 0 Å². The molecule has 1 aromatic heterocycles. The maximum absolute atomic E-state index is 13.3. The molecule has 1 amide bonds. The Bertz CT molecular complexity index is 1420. The molecule has 7 nitrogen and oxygen atoms in total. The zero-order valence-corrected chi connectivity index (χ0v) is 19.0. The van der Waals surface area contributed by atoms with Gasteiger partial charge in [-0.25, -0.2) is 5.10 Å². The summed E-state index contributed by atoms with van der Waals surface area (Å²) in [6.45, 7) is -0.386. The first-order valence-corrected chi connectivity index (χ1v) is 11.8. The second-order valence-electron chi connectivity index (χ2n) is 7.85. The first-order valence-electron chi connectivity index (χ1n) is 10.8. The van der Waals surface area contributed by atoms with E-state index in [9.17, 15) is 14.4 Å². The van der Waals surface area contributed by atoms with Crippen LogP contribution in [0.4, 0.5) is 5.69 Å². The summed E-state index contributed by atoms with van der Waals surface area (Å²) in [4.78, 5) is 40.6. The number of thioether (sulfide) groups is 1. The van der Waals surface area contributed by atoms with Crippen LogP contribution in [-0.2, 0) is 20.7 Å². The van der Waals surface area contributed by atoms with Gasteiger partial charge in [0.15, 0.2) is 6.61 Å². The van der Waals surface area contributed by atoms with Crippen molar-refractivity contribution in [3.63, 3.8) is 0 Å². The van der Waals surface area contributed by atoms with E-state index in [1.54, 1.807) is 40.9 Å². The summed E-state index contributed by atoms with van der Waals surface area (Å²) >= 11 is 1.70. The molecular weight excluding hydrogens is 450 g/mol. The van der Waals surface area contributed by atoms with E-state index in [1.807, 2.05) is 54.6 Å². The van der Waals surface area contributed by atoms with Gasteiger partial charge < -0.3 is 4.74 Å². The van der Waals surface area contributed by atoms with E-state index in [0.29, 0.717) is 22.2 Å². The molecule has 4 aromatic rings. The third-order valence-corrected chi connectivity index (χ3v) is 6.87. The van der Waals surface area contributed by atoms with Crippen molar-refractivity contribution in [2.75, 3.05) is 17.3 Å². The summed E-state index contributed by atoms with van der Waals surface area (Å²) in [5.74, 6) is -0.184. The molecule has 34 heavy (non-hydrogen) atoms. The molecule has 1 atom stereocenters. The third kappa shape index (κ3) is 4.32. The van der Waals surface area contributed by atoms with E-state index in [1.165, 1.54) is 0 Å². The van der Waals surface area contributed by atoms with Crippen molar-refractivity contribution in [1.29, 1.82) is 0 Å². The van der Waals surface area contributed by atoms with Crippen molar-refractivity contribution in [3.8, 4) is 0 Å². The maximum Gasteiger partial charge on any atom is 0.312 e. The summed E-state index contributed by atoms with van der Waals surface area (Å²) in [5.41, 5.74) is 1.90. The molecule has 170 valence electrons. The lowest BCUT2D eigenvalue weighted by atomic mass is 10.1. The average Bonchev–Trinajstić information content (AvgIpc) is 2.89. The molecule has 0 bridgehead atoms. The molecule has 1 unspecified atom stereocenters. The van der Waals surface area contributed by atoms with Crippen LogP contribution in [0.15, 0.2) is 88.6 Å². The molecule has 1 aliphatic rings. The number of nitrogens with zero attached hydrogens (tertiary/aromatic N) is 2. The standard InChI is InChI=1S/C26H21N3O4S/c30-24(15-33-25(31)14-20-18-10-4-5-11-19(18)26(32)28-27-20)29-21-12-6-7-13-23(21)34-16-22(29)17-8-2-1-3-9-17/h1-13,22H,14-16H2,(H,28,32). The van der Waals surface area contributed by atoms with Crippen molar-refractivity contribution in [3.05, 3.63) is 100 Å². The number of anilines is 1. The SMILES string of the molecule is O=C(Cc1n[nH]c(=O)c2ccccc12)OCC(=O)N1c2ccccc2SCC1c1ccccc1. The Balaban J connectivity index is 1.34. The number of ether oxygens (including phenoxy) is 1. The third-order valence-electron chi connectivity index (χ3n) is 5.73. The first-order chi connectivity index (χ1) is 16.6. The van der Waals surface area contributed by atoms with Gasteiger partial charge in [0.25, 0.3) is 11.5 Å². The summed E-state index contributed by atoms with van der Waals surface area (Å²) in [6.07, 6.45) is -0.154. The number of nitrogens with one attached hydrogen (secondary N) is 1. The molecule has 1 N–H and O–H groups in total. The number of carbonyl (C=O) groups excluding carboxylic acids is 2. The second-order valence-corrected chi connectivity index (χ2v) is 8.91. The number of amides is 1. The number of hydrogen-bond donors (Lipinski definition) is 1. The van der Waals surface area contributed by atoms with Gasteiger partial charge in [0.1, 0.15) is 0 Å². The Morgan fingerprint density at radius 3 is 2.50 bits per heavy atom. The summed E-state index contributed by atoms with van der Waals surface area (Å²) < 4.78 is 5.37. The van der Waals surface area contributed by atoms with Gasteiger partial charge in [-0.15, -0.1) is 11.8 Å². The van der Waals surface area contributed by atoms with Crippen LogP contribution in [0.3, 0.4) is 0 Å². The van der Waals surface area contributed by atoms with Crippen LogP contribution in [0.25, 0.3) is 10.8 Å². The lowest BCUT2D eigenvalue weighted by Gasteiger charge is -2.37. The fourth-order valence-electron chi connectivity index (χ4n) is 4.12. The zero-order chi connectivity index (χ0) is 23.5. The van der Waals surface area contributed by atoms with Crippen LogP contribution in [0.2, 0.25) is 0 Å². The molecule has 0 aliphatic carbocycles. The fraction of sp³-hybridized carbons (Fsp3) is 0.154.